The molecule has 0 saturated carbocycles. The highest BCUT2D eigenvalue weighted by atomic mass is 16.5. The molecule has 1 aliphatic rings. The van der Waals surface area contributed by atoms with Crippen LogP contribution < -0.4 is 10.6 Å². The number of anilines is 1. The van der Waals surface area contributed by atoms with Crippen molar-refractivity contribution in [1.82, 2.24) is 5.32 Å². The molecule has 180 valence electrons. The van der Waals surface area contributed by atoms with Crippen molar-refractivity contribution in [3.8, 4) is 11.1 Å². The normalized spacial score (nSPS) is 13.8. The molecule has 2 amide bonds. The van der Waals surface area contributed by atoms with Gasteiger partial charge in [0.15, 0.2) is 0 Å². The summed E-state index contributed by atoms with van der Waals surface area (Å²) >= 11 is 0. The number of amides is 2. The monoisotopic (exact) mass is 472 g/mol. The summed E-state index contributed by atoms with van der Waals surface area (Å²) < 4.78 is 5.54. The molecule has 0 aromatic heterocycles. The average molecular weight is 473 g/mol. The van der Waals surface area contributed by atoms with Crippen LogP contribution in [0, 0.1) is 5.92 Å². The highest BCUT2D eigenvalue weighted by Crippen LogP contribution is 2.44. The molecule has 3 N–H and O–H groups in total. The van der Waals surface area contributed by atoms with Gasteiger partial charge >= 0.3 is 12.1 Å². The second-order valence-corrected chi connectivity index (χ2v) is 8.70. The van der Waals surface area contributed by atoms with Crippen LogP contribution in [0.15, 0.2) is 72.8 Å². The Hall–Kier alpha value is -4.13. The number of hydrogen-bond donors (Lipinski definition) is 3. The fraction of sp³-hybridized carbons (Fsp3) is 0.250. The zero-order valence-electron chi connectivity index (χ0n) is 19.7. The van der Waals surface area contributed by atoms with Crippen LogP contribution in [-0.4, -0.2) is 35.7 Å². The first-order chi connectivity index (χ1) is 16.9. The van der Waals surface area contributed by atoms with Crippen LogP contribution in [0.3, 0.4) is 0 Å². The largest absolute Gasteiger partial charge is 0.480 e. The molecular formula is C28H28N2O5. The van der Waals surface area contributed by atoms with E-state index in [-0.39, 0.29) is 18.4 Å². The minimum atomic E-state index is -1.07. The van der Waals surface area contributed by atoms with E-state index in [0.29, 0.717) is 17.7 Å². The van der Waals surface area contributed by atoms with Crippen LogP contribution in [0.2, 0.25) is 0 Å². The molecule has 0 fully saturated rings. The van der Waals surface area contributed by atoms with E-state index in [2.05, 4.69) is 34.9 Å². The lowest BCUT2D eigenvalue weighted by Crippen LogP contribution is -2.45. The summed E-state index contributed by atoms with van der Waals surface area (Å²) in [5, 5.41) is 14.6. The second-order valence-electron chi connectivity index (χ2n) is 8.70. The summed E-state index contributed by atoms with van der Waals surface area (Å²) in [7, 11) is 0. The van der Waals surface area contributed by atoms with Crippen molar-refractivity contribution in [3.05, 3.63) is 89.5 Å². The predicted molar refractivity (Wildman–Crippen MR) is 133 cm³/mol. The van der Waals surface area contributed by atoms with Gasteiger partial charge in [-0.25, -0.2) is 9.59 Å². The second kappa shape index (κ2) is 10.4. The molecule has 7 heteroatoms. The smallest absolute Gasteiger partial charge is 0.411 e. The molecule has 0 saturated heterocycles. The maximum atomic E-state index is 12.5. The number of carboxylic acids is 1. The van der Waals surface area contributed by atoms with E-state index in [1.165, 1.54) is 12.1 Å². The lowest BCUT2D eigenvalue weighted by atomic mass is 9.98. The Morgan fingerprint density at radius 2 is 1.49 bits per heavy atom. The molecule has 4 rings (SSSR count). The van der Waals surface area contributed by atoms with Crippen molar-refractivity contribution >= 4 is 23.7 Å². The van der Waals surface area contributed by atoms with Gasteiger partial charge in [-0.05, 0) is 52.4 Å². The number of rotatable bonds is 8. The SMILES string of the molecule is CCC(C)[C@H](NC(=O)c1ccc(NC(=O)OCC2c3ccccc3-c3ccccc32)cc1)C(=O)O. The van der Waals surface area contributed by atoms with E-state index in [4.69, 9.17) is 4.74 Å². The Labute approximate surface area is 204 Å². The molecule has 0 spiro atoms. The zero-order valence-corrected chi connectivity index (χ0v) is 19.7. The van der Waals surface area contributed by atoms with E-state index >= 15 is 0 Å². The summed E-state index contributed by atoms with van der Waals surface area (Å²) in [6, 6.07) is 21.5. The number of carboxylic acid groups (broad SMARTS) is 1. The van der Waals surface area contributed by atoms with Gasteiger partial charge in [0.1, 0.15) is 12.6 Å². The van der Waals surface area contributed by atoms with Crippen LogP contribution >= 0.6 is 0 Å². The number of nitrogens with one attached hydrogen (secondary N) is 2. The van der Waals surface area contributed by atoms with Gasteiger partial charge in [0.2, 0.25) is 0 Å². The first kappa shape index (κ1) is 24.0. The van der Waals surface area contributed by atoms with Gasteiger partial charge in [0, 0.05) is 17.2 Å². The fourth-order valence-electron chi connectivity index (χ4n) is 4.36. The van der Waals surface area contributed by atoms with Gasteiger partial charge in [0.05, 0.1) is 0 Å². The van der Waals surface area contributed by atoms with Crippen LogP contribution in [0.1, 0.15) is 47.7 Å². The van der Waals surface area contributed by atoms with E-state index in [1.807, 2.05) is 31.2 Å². The van der Waals surface area contributed by atoms with Crippen molar-refractivity contribution in [2.75, 3.05) is 11.9 Å². The molecule has 1 unspecified atom stereocenters. The molecule has 0 bridgehead atoms. The molecule has 0 aliphatic heterocycles. The van der Waals surface area contributed by atoms with Gasteiger partial charge in [-0.2, -0.15) is 0 Å². The zero-order chi connectivity index (χ0) is 24.9. The van der Waals surface area contributed by atoms with Gasteiger partial charge in [-0.3, -0.25) is 10.1 Å². The standard InChI is InChI=1S/C28H28N2O5/c1-3-17(2)25(27(32)33)30-26(31)18-12-14-19(15-13-18)29-28(34)35-16-24-22-10-6-4-8-20(22)21-9-5-7-11-23(21)24/h4-15,17,24-25H,3,16H2,1-2H3,(H,29,34)(H,30,31)(H,32,33)/t17?,25-/m0/s1. The van der Waals surface area contributed by atoms with Crippen LogP contribution in [-0.2, 0) is 9.53 Å². The Kier molecular flexibility index (Phi) is 7.15. The number of ether oxygens (including phenoxy) is 1. The summed E-state index contributed by atoms with van der Waals surface area (Å²) in [6.07, 6.45) is 0.0343. The maximum absolute atomic E-state index is 12.5. The van der Waals surface area contributed by atoms with Gasteiger partial charge < -0.3 is 15.2 Å². The Morgan fingerprint density at radius 1 is 0.914 bits per heavy atom. The van der Waals surface area contributed by atoms with Gasteiger partial charge in [-0.1, -0.05) is 68.8 Å². The number of carbonyl (C=O) groups excluding carboxylic acids is 2. The quantitative estimate of drug-likeness (QED) is 0.414. The lowest BCUT2D eigenvalue weighted by molar-refractivity contribution is -0.140. The molecule has 1 aliphatic carbocycles. The highest BCUT2D eigenvalue weighted by molar-refractivity contribution is 5.97. The van der Waals surface area contributed by atoms with E-state index in [0.717, 1.165) is 22.3 Å². The molecule has 35 heavy (non-hydrogen) atoms. The van der Waals surface area contributed by atoms with Crippen molar-refractivity contribution in [2.45, 2.75) is 32.2 Å². The Bertz CT molecular complexity index is 1190. The van der Waals surface area contributed by atoms with E-state index in [1.54, 1.807) is 19.1 Å². The molecule has 2 atom stereocenters. The number of hydrogen-bond acceptors (Lipinski definition) is 4. The van der Waals surface area contributed by atoms with Crippen molar-refractivity contribution in [2.24, 2.45) is 5.92 Å². The molecule has 3 aromatic carbocycles. The third-order valence-electron chi connectivity index (χ3n) is 6.50. The fourth-order valence-corrected chi connectivity index (χ4v) is 4.36. The van der Waals surface area contributed by atoms with Crippen LogP contribution in [0.5, 0.6) is 0 Å². The van der Waals surface area contributed by atoms with Gasteiger partial charge in [0.25, 0.3) is 5.91 Å². The minimum absolute atomic E-state index is 0.0353. The third kappa shape index (κ3) is 5.19. The van der Waals surface area contributed by atoms with Crippen molar-refractivity contribution < 1.29 is 24.2 Å². The van der Waals surface area contributed by atoms with E-state index in [9.17, 15) is 19.5 Å². The maximum Gasteiger partial charge on any atom is 0.411 e. The summed E-state index contributed by atoms with van der Waals surface area (Å²) in [5.41, 5.74) is 5.35. The number of fused-ring (bicyclic) bond motifs is 3. The van der Waals surface area contributed by atoms with Gasteiger partial charge in [-0.15, -0.1) is 0 Å². The number of carbonyl (C=O) groups is 3. The van der Waals surface area contributed by atoms with E-state index < -0.39 is 24.0 Å². The molecule has 0 heterocycles. The molecule has 3 aromatic rings. The Morgan fingerprint density at radius 3 is 2.03 bits per heavy atom. The van der Waals surface area contributed by atoms with Crippen molar-refractivity contribution in [1.29, 1.82) is 0 Å². The van der Waals surface area contributed by atoms with Crippen LogP contribution in [0.25, 0.3) is 11.1 Å². The first-order valence-corrected chi connectivity index (χ1v) is 11.6. The topological polar surface area (TPSA) is 105 Å². The van der Waals surface area contributed by atoms with Crippen molar-refractivity contribution in [3.63, 3.8) is 0 Å². The van der Waals surface area contributed by atoms with Crippen LogP contribution in [0.4, 0.5) is 10.5 Å². The number of benzene rings is 3. The molecule has 7 nitrogen and oxygen atoms in total. The minimum Gasteiger partial charge on any atom is -0.480 e. The highest BCUT2D eigenvalue weighted by Gasteiger charge is 2.29. The third-order valence-corrected chi connectivity index (χ3v) is 6.50. The number of aliphatic carboxylic acids is 1. The summed E-state index contributed by atoms with van der Waals surface area (Å²) in [5.74, 6) is -1.79. The lowest BCUT2D eigenvalue weighted by Gasteiger charge is -2.20. The Balaban J connectivity index is 1.36. The average Bonchev–Trinajstić information content (AvgIpc) is 3.19. The molecular weight excluding hydrogens is 444 g/mol. The predicted octanol–water partition coefficient (Wildman–Crippen LogP) is 5.28. The molecule has 0 radical (unpaired) electrons. The first-order valence-electron chi connectivity index (χ1n) is 11.6. The summed E-state index contributed by atoms with van der Waals surface area (Å²) in [6.45, 7) is 3.85. The summed E-state index contributed by atoms with van der Waals surface area (Å²) in [4.78, 5) is 36.4.